The third kappa shape index (κ3) is 8.02. The van der Waals surface area contributed by atoms with E-state index in [1.54, 1.807) is 0 Å². The van der Waals surface area contributed by atoms with Gasteiger partial charge in [-0.25, -0.2) is 0 Å². The molecule has 0 rings (SSSR count). The van der Waals surface area contributed by atoms with E-state index in [-0.39, 0.29) is 6.10 Å². The fraction of sp³-hybridized carbons (Fsp3) is 0.800. The molecule has 0 aromatic rings. The average molecular weight is 186 g/mol. The zero-order valence-corrected chi connectivity index (χ0v) is 9.80. The van der Waals surface area contributed by atoms with E-state index in [0.717, 1.165) is 19.3 Å². The minimum Gasteiger partial charge on any atom is -0.393 e. The van der Waals surface area contributed by atoms with Crippen molar-refractivity contribution in [3.05, 3.63) is 11.8 Å². The van der Waals surface area contributed by atoms with E-state index in [4.69, 9.17) is 0 Å². The molecule has 12 heavy (non-hydrogen) atoms. The SMILES string of the molecule is CCCC(O)CC=C[Si](C)(C)C. The van der Waals surface area contributed by atoms with E-state index >= 15 is 0 Å². The van der Waals surface area contributed by atoms with Crippen LogP contribution in [0.4, 0.5) is 0 Å². The molecule has 0 aromatic heterocycles. The second kappa shape index (κ2) is 5.54. The average Bonchev–Trinajstić information content (AvgIpc) is 1.84. The lowest BCUT2D eigenvalue weighted by molar-refractivity contribution is 0.167. The summed E-state index contributed by atoms with van der Waals surface area (Å²) in [7, 11) is -1.04. The number of hydrogen-bond donors (Lipinski definition) is 1. The highest BCUT2D eigenvalue weighted by Crippen LogP contribution is 2.06. The van der Waals surface area contributed by atoms with E-state index in [1.807, 2.05) is 0 Å². The predicted molar refractivity (Wildman–Crippen MR) is 58.0 cm³/mol. The maximum Gasteiger partial charge on any atom is 0.0682 e. The minimum atomic E-state index is -1.04. The molecule has 0 aliphatic heterocycles. The van der Waals surface area contributed by atoms with Crippen molar-refractivity contribution in [1.82, 2.24) is 0 Å². The summed E-state index contributed by atoms with van der Waals surface area (Å²) in [4.78, 5) is 0. The molecule has 0 saturated carbocycles. The van der Waals surface area contributed by atoms with Crippen molar-refractivity contribution in [3.63, 3.8) is 0 Å². The molecule has 0 aromatic carbocycles. The van der Waals surface area contributed by atoms with Crippen LogP contribution < -0.4 is 0 Å². The lowest BCUT2D eigenvalue weighted by atomic mass is 10.1. The van der Waals surface area contributed by atoms with Crippen LogP contribution in [0.25, 0.3) is 0 Å². The monoisotopic (exact) mass is 186 g/mol. The Hall–Kier alpha value is -0.0831. The van der Waals surface area contributed by atoms with Crippen LogP contribution in [0.1, 0.15) is 26.2 Å². The summed E-state index contributed by atoms with van der Waals surface area (Å²) in [5.41, 5.74) is 2.30. The first kappa shape index (κ1) is 11.9. The lowest BCUT2D eigenvalue weighted by Crippen LogP contribution is -2.16. The van der Waals surface area contributed by atoms with Crippen molar-refractivity contribution < 1.29 is 5.11 Å². The van der Waals surface area contributed by atoms with Crippen molar-refractivity contribution in [2.45, 2.75) is 51.9 Å². The molecule has 0 heterocycles. The van der Waals surface area contributed by atoms with Gasteiger partial charge in [-0.05, 0) is 12.8 Å². The van der Waals surface area contributed by atoms with Crippen LogP contribution in [-0.4, -0.2) is 19.3 Å². The van der Waals surface area contributed by atoms with Crippen molar-refractivity contribution in [1.29, 1.82) is 0 Å². The van der Waals surface area contributed by atoms with Gasteiger partial charge in [0.1, 0.15) is 0 Å². The highest BCUT2D eigenvalue weighted by Gasteiger charge is 2.07. The first-order valence-corrected chi connectivity index (χ1v) is 8.39. The molecule has 0 spiro atoms. The second-order valence-corrected chi connectivity index (χ2v) is 9.51. The molecule has 0 fully saturated rings. The normalized spacial score (nSPS) is 15.4. The van der Waals surface area contributed by atoms with Crippen LogP contribution in [-0.2, 0) is 0 Å². The molecular formula is C10H22OSi. The molecule has 0 radical (unpaired) electrons. The number of aliphatic hydroxyl groups excluding tert-OH is 1. The molecule has 0 aliphatic rings. The van der Waals surface area contributed by atoms with E-state index < -0.39 is 8.07 Å². The molecular weight excluding hydrogens is 164 g/mol. The van der Waals surface area contributed by atoms with Crippen LogP contribution in [0.5, 0.6) is 0 Å². The minimum absolute atomic E-state index is 0.123. The second-order valence-electron chi connectivity index (χ2n) is 4.45. The van der Waals surface area contributed by atoms with E-state index in [2.05, 4.69) is 38.3 Å². The first-order valence-electron chi connectivity index (χ1n) is 4.81. The Morgan fingerprint density at radius 3 is 2.33 bits per heavy atom. The third-order valence-corrected chi connectivity index (χ3v) is 2.88. The van der Waals surface area contributed by atoms with Crippen molar-refractivity contribution in [3.8, 4) is 0 Å². The Labute approximate surface area is 77.5 Å². The summed E-state index contributed by atoms with van der Waals surface area (Å²) >= 11 is 0. The van der Waals surface area contributed by atoms with Gasteiger partial charge in [0.2, 0.25) is 0 Å². The van der Waals surface area contributed by atoms with E-state index in [0.29, 0.717) is 0 Å². The van der Waals surface area contributed by atoms with Gasteiger partial charge in [0.15, 0.2) is 0 Å². The summed E-state index contributed by atoms with van der Waals surface area (Å²) in [6.07, 6.45) is 4.85. The van der Waals surface area contributed by atoms with Crippen LogP contribution in [0.2, 0.25) is 19.6 Å². The van der Waals surface area contributed by atoms with Gasteiger partial charge < -0.3 is 5.11 Å². The van der Waals surface area contributed by atoms with Gasteiger partial charge >= 0.3 is 0 Å². The zero-order chi connectivity index (χ0) is 9.61. The molecule has 0 bridgehead atoms. The summed E-state index contributed by atoms with van der Waals surface area (Å²) in [5.74, 6) is 0. The van der Waals surface area contributed by atoms with Crippen molar-refractivity contribution >= 4 is 8.07 Å². The van der Waals surface area contributed by atoms with Gasteiger partial charge in [0.05, 0.1) is 14.2 Å². The summed E-state index contributed by atoms with van der Waals surface area (Å²) in [6, 6.07) is 0. The number of aliphatic hydroxyl groups is 1. The standard InChI is InChI=1S/C10H22OSi/c1-5-7-10(11)8-6-9-12(2,3)4/h6,9-11H,5,7-8H2,1-4H3. The largest absolute Gasteiger partial charge is 0.393 e. The molecule has 0 amide bonds. The molecule has 2 heteroatoms. The molecule has 1 unspecified atom stereocenters. The fourth-order valence-electron chi connectivity index (χ4n) is 1.03. The molecule has 1 N–H and O–H groups in total. The summed E-state index contributed by atoms with van der Waals surface area (Å²) < 4.78 is 0. The summed E-state index contributed by atoms with van der Waals surface area (Å²) in [5, 5.41) is 9.41. The maximum absolute atomic E-state index is 9.41. The highest BCUT2D eigenvalue weighted by atomic mass is 28.3. The molecule has 0 saturated heterocycles. The lowest BCUT2D eigenvalue weighted by Gasteiger charge is -2.09. The Morgan fingerprint density at radius 2 is 1.92 bits per heavy atom. The zero-order valence-electron chi connectivity index (χ0n) is 8.80. The van der Waals surface area contributed by atoms with Crippen LogP contribution >= 0.6 is 0 Å². The molecule has 72 valence electrons. The molecule has 0 aliphatic carbocycles. The van der Waals surface area contributed by atoms with Gasteiger partial charge in [0.25, 0.3) is 0 Å². The molecule has 1 atom stereocenters. The van der Waals surface area contributed by atoms with Crippen molar-refractivity contribution in [2.24, 2.45) is 0 Å². The van der Waals surface area contributed by atoms with Gasteiger partial charge in [-0.3, -0.25) is 0 Å². The van der Waals surface area contributed by atoms with Gasteiger partial charge in [-0.2, -0.15) is 0 Å². The van der Waals surface area contributed by atoms with Gasteiger partial charge in [0, 0.05) is 0 Å². The Kier molecular flexibility index (Phi) is 5.50. The Bertz CT molecular complexity index is 135. The number of rotatable bonds is 5. The Balaban J connectivity index is 3.60. The maximum atomic E-state index is 9.41. The highest BCUT2D eigenvalue weighted by molar-refractivity contribution is 6.80. The molecule has 1 nitrogen and oxygen atoms in total. The first-order chi connectivity index (χ1) is 5.45. The van der Waals surface area contributed by atoms with Crippen LogP contribution in [0, 0.1) is 0 Å². The summed E-state index contributed by atoms with van der Waals surface area (Å²) in [6.45, 7) is 9.01. The van der Waals surface area contributed by atoms with Gasteiger partial charge in [-0.1, -0.05) is 44.8 Å². The topological polar surface area (TPSA) is 20.2 Å². The van der Waals surface area contributed by atoms with E-state index in [9.17, 15) is 5.11 Å². The van der Waals surface area contributed by atoms with E-state index in [1.165, 1.54) is 0 Å². The third-order valence-electron chi connectivity index (χ3n) is 1.65. The smallest absolute Gasteiger partial charge is 0.0682 e. The quantitative estimate of drug-likeness (QED) is 0.655. The predicted octanol–water partition coefficient (Wildman–Crippen LogP) is 2.97. The van der Waals surface area contributed by atoms with Gasteiger partial charge in [-0.15, -0.1) is 0 Å². The van der Waals surface area contributed by atoms with Crippen LogP contribution in [0.15, 0.2) is 11.8 Å². The number of hydrogen-bond acceptors (Lipinski definition) is 1. The van der Waals surface area contributed by atoms with Crippen LogP contribution in [0.3, 0.4) is 0 Å². The Morgan fingerprint density at radius 1 is 1.33 bits per heavy atom. The van der Waals surface area contributed by atoms with Crippen molar-refractivity contribution in [2.75, 3.05) is 0 Å². The fourth-order valence-corrected chi connectivity index (χ4v) is 1.87.